The average molecular weight is 388 g/mol. The van der Waals surface area contributed by atoms with Crippen molar-refractivity contribution < 1.29 is 13.2 Å². The van der Waals surface area contributed by atoms with Gasteiger partial charge in [0, 0.05) is 24.4 Å². The second-order valence-corrected chi connectivity index (χ2v) is 6.39. The fraction of sp³-hybridized carbons (Fsp3) is 0.235. The van der Waals surface area contributed by atoms with Crippen molar-refractivity contribution in [3.63, 3.8) is 0 Å². The van der Waals surface area contributed by atoms with Crippen LogP contribution >= 0.6 is 23.5 Å². The van der Waals surface area contributed by atoms with Gasteiger partial charge in [-0.2, -0.15) is 17.6 Å². The largest absolute Gasteiger partial charge is 0.416 e. The third kappa shape index (κ3) is 5.86. The molecule has 0 bridgehead atoms. The predicted octanol–water partition coefficient (Wildman–Crippen LogP) is 5.01. The summed E-state index contributed by atoms with van der Waals surface area (Å²) in [5.41, 5.74) is 8.13. The third-order valence-corrected chi connectivity index (χ3v) is 4.46. The molecule has 2 aliphatic carbocycles. The van der Waals surface area contributed by atoms with E-state index in [-0.39, 0.29) is 5.96 Å². The maximum Gasteiger partial charge on any atom is 0.416 e. The summed E-state index contributed by atoms with van der Waals surface area (Å²) in [5, 5.41) is 0. The van der Waals surface area contributed by atoms with Crippen molar-refractivity contribution in [3.8, 4) is 11.1 Å². The molecular weight excluding hydrogens is 371 g/mol. The van der Waals surface area contributed by atoms with Gasteiger partial charge in [-0.25, -0.2) is 0 Å². The molecular formula is C17H17ClF3N3S. The lowest BCUT2D eigenvalue weighted by molar-refractivity contribution is -0.137. The van der Waals surface area contributed by atoms with Crippen molar-refractivity contribution >= 4 is 35.2 Å². The number of halogens is 4. The number of nitrogens with two attached hydrogens (primary N) is 1. The molecule has 1 aromatic carbocycles. The van der Waals surface area contributed by atoms with Gasteiger partial charge in [0.15, 0.2) is 0 Å². The van der Waals surface area contributed by atoms with Gasteiger partial charge in [-0.3, -0.25) is 0 Å². The molecule has 0 atom stereocenters. The van der Waals surface area contributed by atoms with Crippen LogP contribution in [0.3, 0.4) is 0 Å². The number of anilines is 1. The van der Waals surface area contributed by atoms with E-state index < -0.39 is 11.7 Å². The molecule has 3 nitrogen and oxygen atoms in total. The van der Waals surface area contributed by atoms with Crippen LogP contribution in [0.2, 0.25) is 0 Å². The van der Waals surface area contributed by atoms with E-state index in [0.29, 0.717) is 17.3 Å². The van der Waals surface area contributed by atoms with Gasteiger partial charge < -0.3 is 10.6 Å². The lowest BCUT2D eigenvalue weighted by Crippen LogP contribution is -2.33. The van der Waals surface area contributed by atoms with Crippen molar-refractivity contribution in [2.75, 3.05) is 23.6 Å². The molecule has 1 aromatic rings. The van der Waals surface area contributed by atoms with Crippen LogP contribution in [0.1, 0.15) is 5.56 Å². The lowest BCUT2D eigenvalue weighted by Gasteiger charge is -2.19. The Morgan fingerprint density at radius 1 is 1.16 bits per heavy atom. The fourth-order valence-corrected chi connectivity index (χ4v) is 2.53. The highest BCUT2D eigenvalue weighted by molar-refractivity contribution is 7.98. The molecule has 0 unspecified atom stereocenters. The quantitative estimate of drug-likeness (QED) is 0.225. The molecule has 0 heterocycles. The Balaban J connectivity index is 0.000000306. The second kappa shape index (κ2) is 8.49. The summed E-state index contributed by atoms with van der Waals surface area (Å²) in [6.45, 7) is 0. The minimum atomic E-state index is -4.38. The monoisotopic (exact) mass is 387 g/mol. The van der Waals surface area contributed by atoms with Gasteiger partial charge in [0.25, 0.3) is 0 Å². The predicted molar refractivity (Wildman–Crippen MR) is 100 cm³/mol. The van der Waals surface area contributed by atoms with Gasteiger partial charge >= 0.3 is 6.18 Å². The van der Waals surface area contributed by atoms with E-state index in [2.05, 4.69) is 28.7 Å². The van der Waals surface area contributed by atoms with Crippen molar-refractivity contribution in [2.45, 2.75) is 6.18 Å². The van der Waals surface area contributed by atoms with Crippen molar-refractivity contribution in [3.05, 3.63) is 54.1 Å². The SMILES string of the molecule is CN(C(N)=NSCCCl)c1cccc(C(F)(F)F)c1.c1cc2cc-2c1. The van der Waals surface area contributed by atoms with E-state index in [1.54, 1.807) is 7.05 Å². The van der Waals surface area contributed by atoms with E-state index in [1.807, 2.05) is 0 Å². The Morgan fingerprint density at radius 2 is 1.80 bits per heavy atom. The molecule has 3 rings (SSSR count). The number of guanidine groups is 1. The van der Waals surface area contributed by atoms with Crippen LogP contribution in [0.25, 0.3) is 11.1 Å². The summed E-state index contributed by atoms with van der Waals surface area (Å²) in [6.07, 6.45) is -4.38. The highest BCUT2D eigenvalue weighted by atomic mass is 35.5. The van der Waals surface area contributed by atoms with Gasteiger partial charge in [0.2, 0.25) is 5.96 Å². The van der Waals surface area contributed by atoms with Crippen molar-refractivity contribution in [2.24, 2.45) is 10.1 Å². The zero-order chi connectivity index (χ0) is 18.4. The van der Waals surface area contributed by atoms with Gasteiger partial charge in [-0.15, -0.1) is 11.6 Å². The summed E-state index contributed by atoms with van der Waals surface area (Å²) < 4.78 is 41.7. The Labute approximate surface area is 153 Å². The van der Waals surface area contributed by atoms with Crippen LogP contribution in [0, 0.1) is 0 Å². The fourth-order valence-electron chi connectivity index (χ4n) is 1.91. The normalized spacial score (nSPS) is 12.3. The van der Waals surface area contributed by atoms with E-state index in [1.165, 1.54) is 28.2 Å². The van der Waals surface area contributed by atoms with E-state index in [0.717, 1.165) is 24.1 Å². The molecule has 0 saturated heterocycles. The van der Waals surface area contributed by atoms with E-state index >= 15 is 0 Å². The molecule has 0 fully saturated rings. The Kier molecular flexibility index (Phi) is 6.61. The Morgan fingerprint density at radius 3 is 2.28 bits per heavy atom. The van der Waals surface area contributed by atoms with E-state index in [9.17, 15) is 13.2 Å². The molecule has 2 N–H and O–H groups in total. The lowest BCUT2D eigenvalue weighted by atomic mass is 10.2. The molecule has 0 spiro atoms. The summed E-state index contributed by atoms with van der Waals surface area (Å²) in [7, 11) is 1.55. The van der Waals surface area contributed by atoms with Crippen molar-refractivity contribution in [1.82, 2.24) is 0 Å². The first-order valence-corrected chi connectivity index (χ1v) is 8.83. The van der Waals surface area contributed by atoms with Crippen molar-refractivity contribution in [1.29, 1.82) is 0 Å². The van der Waals surface area contributed by atoms with Gasteiger partial charge in [-0.05, 0) is 47.3 Å². The Bertz CT molecular complexity index is 733. The van der Waals surface area contributed by atoms with Crippen LogP contribution in [0.5, 0.6) is 0 Å². The molecule has 25 heavy (non-hydrogen) atoms. The zero-order valence-corrected chi connectivity index (χ0v) is 15.0. The molecule has 0 radical (unpaired) electrons. The molecule has 2 aliphatic rings. The number of nitrogens with zero attached hydrogens (tertiary/aromatic N) is 2. The first-order chi connectivity index (χ1) is 11.8. The first kappa shape index (κ1) is 19.5. The van der Waals surface area contributed by atoms with Gasteiger partial charge in [0.1, 0.15) is 0 Å². The number of benzene rings is 2. The molecule has 0 aromatic heterocycles. The number of alkyl halides is 4. The maximum atomic E-state index is 12.6. The highest BCUT2D eigenvalue weighted by Gasteiger charge is 2.30. The van der Waals surface area contributed by atoms with Crippen LogP contribution in [-0.2, 0) is 6.18 Å². The number of rotatable bonds is 4. The number of hydrogen-bond acceptors (Lipinski definition) is 2. The maximum absolute atomic E-state index is 12.6. The standard InChI is InChI=1S/C11H13ClF3N3S.C6H4/c1-18(10(16)17-19-6-5-12)9-4-2-3-8(7-9)11(13,14)15;1-2-5-4-6(5)3-1/h2-4,7H,5-6H2,1H3,(H2,16,17);1-4H. The van der Waals surface area contributed by atoms with Crippen LogP contribution in [-0.4, -0.2) is 24.6 Å². The van der Waals surface area contributed by atoms with Gasteiger partial charge in [-0.1, -0.05) is 24.3 Å². The third-order valence-electron chi connectivity index (χ3n) is 3.34. The first-order valence-electron chi connectivity index (χ1n) is 7.35. The molecule has 8 heteroatoms. The van der Waals surface area contributed by atoms with Crippen LogP contribution in [0.15, 0.2) is 52.9 Å². The minimum Gasteiger partial charge on any atom is -0.369 e. The minimum absolute atomic E-state index is 0.120. The topological polar surface area (TPSA) is 41.6 Å². The second-order valence-electron chi connectivity index (χ2n) is 5.16. The zero-order valence-electron chi connectivity index (χ0n) is 13.4. The Hall–Kier alpha value is -1.86. The number of hydrogen-bond donors (Lipinski definition) is 1. The molecule has 0 amide bonds. The summed E-state index contributed by atoms with van der Waals surface area (Å²) in [5.74, 6) is 1.13. The molecule has 0 aliphatic heterocycles. The van der Waals surface area contributed by atoms with Gasteiger partial charge in [0.05, 0.1) is 5.56 Å². The molecule has 0 saturated carbocycles. The smallest absolute Gasteiger partial charge is 0.369 e. The van der Waals surface area contributed by atoms with E-state index in [4.69, 9.17) is 17.3 Å². The summed E-state index contributed by atoms with van der Waals surface area (Å²) in [4.78, 5) is 1.39. The summed E-state index contributed by atoms with van der Waals surface area (Å²) in [6, 6.07) is 13.4. The highest BCUT2D eigenvalue weighted by Crippen LogP contribution is 2.33. The van der Waals surface area contributed by atoms with Crippen LogP contribution in [0.4, 0.5) is 18.9 Å². The summed E-state index contributed by atoms with van der Waals surface area (Å²) >= 11 is 6.64. The number of fused-ring (bicyclic) bond motifs is 1. The van der Waals surface area contributed by atoms with Crippen LogP contribution < -0.4 is 10.6 Å². The average Bonchev–Trinajstić information content (AvgIpc) is 3.19. The molecule has 134 valence electrons.